The van der Waals surface area contributed by atoms with E-state index in [0.717, 1.165) is 0 Å². The first-order valence-electron chi connectivity index (χ1n) is 2.36. The van der Waals surface area contributed by atoms with Crippen LogP contribution < -0.4 is 0 Å². The van der Waals surface area contributed by atoms with E-state index in [1.807, 2.05) is 0 Å². The maximum atomic E-state index is 7.97. The molecule has 0 aliphatic carbocycles. The zero-order chi connectivity index (χ0) is 7.40. The Balaban J connectivity index is 3.06. The molecule has 0 saturated heterocycles. The molecule has 1 aromatic heterocycles. The highest BCUT2D eigenvalue weighted by Gasteiger charge is 1.90. The van der Waals surface area contributed by atoms with E-state index >= 15 is 0 Å². The Kier molecular flexibility index (Phi) is 2.04. The molecule has 50 valence electrons. The van der Waals surface area contributed by atoms with Crippen LogP contribution in [0.25, 0.3) is 10.4 Å². The SMILES string of the molecule is [N-]=[N+]=Nc1ccnc(Cl)n1. The van der Waals surface area contributed by atoms with Gasteiger partial charge in [-0.05, 0) is 28.3 Å². The Bertz CT molecular complexity index is 279. The average Bonchev–Trinajstić information content (AvgIpc) is 1.88. The molecule has 0 aliphatic rings. The van der Waals surface area contributed by atoms with Gasteiger partial charge < -0.3 is 0 Å². The van der Waals surface area contributed by atoms with Crippen LogP contribution in [0.1, 0.15) is 0 Å². The van der Waals surface area contributed by atoms with Gasteiger partial charge in [0.25, 0.3) is 0 Å². The summed E-state index contributed by atoms with van der Waals surface area (Å²) in [4.78, 5) is 9.71. The minimum absolute atomic E-state index is 0.0740. The van der Waals surface area contributed by atoms with E-state index in [9.17, 15) is 0 Å². The van der Waals surface area contributed by atoms with Crippen molar-refractivity contribution in [2.75, 3.05) is 0 Å². The number of nitrogens with zero attached hydrogens (tertiary/aromatic N) is 5. The molecule has 0 amide bonds. The fraction of sp³-hybridized carbons (Fsp3) is 0. The van der Waals surface area contributed by atoms with E-state index in [-0.39, 0.29) is 11.1 Å². The zero-order valence-electron chi connectivity index (χ0n) is 4.77. The first kappa shape index (κ1) is 6.80. The zero-order valence-corrected chi connectivity index (χ0v) is 5.52. The molecule has 10 heavy (non-hydrogen) atoms. The highest BCUT2D eigenvalue weighted by Crippen LogP contribution is 2.08. The lowest BCUT2D eigenvalue weighted by Gasteiger charge is -1.87. The van der Waals surface area contributed by atoms with E-state index in [2.05, 4.69) is 20.0 Å². The summed E-state index contributed by atoms with van der Waals surface area (Å²) in [5.41, 5.74) is 7.97. The molecule has 0 aromatic carbocycles. The number of azide groups is 1. The Morgan fingerprint density at radius 2 is 2.50 bits per heavy atom. The molecule has 0 bridgehead atoms. The molecule has 0 N–H and O–H groups in total. The summed E-state index contributed by atoms with van der Waals surface area (Å²) in [6, 6.07) is 1.46. The molecular weight excluding hydrogens is 154 g/mol. The Morgan fingerprint density at radius 3 is 3.10 bits per heavy atom. The third-order valence-corrected chi connectivity index (χ3v) is 0.941. The van der Waals surface area contributed by atoms with E-state index in [1.54, 1.807) is 0 Å². The van der Waals surface area contributed by atoms with Gasteiger partial charge in [-0.3, -0.25) is 0 Å². The molecule has 0 spiro atoms. The van der Waals surface area contributed by atoms with Crippen LogP contribution in [-0.4, -0.2) is 9.97 Å². The van der Waals surface area contributed by atoms with Gasteiger partial charge in [-0.25, -0.2) is 9.97 Å². The fourth-order valence-electron chi connectivity index (χ4n) is 0.428. The third-order valence-electron chi connectivity index (χ3n) is 0.759. The normalized spacial score (nSPS) is 8.50. The van der Waals surface area contributed by atoms with Crippen LogP contribution in [0, 0.1) is 0 Å². The molecule has 1 rings (SSSR count). The second kappa shape index (κ2) is 3.00. The Hall–Kier alpha value is -1.32. The van der Waals surface area contributed by atoms with Crippen LogP contribution in [0.3, 0.4) is 0 Å². The van der Waals surface area contributed by atoms with Crippen LogP contribution in [0.5, 0.6) is 0 Å². The van der Waals surface area contributed by atoms with Crippen molar-refractivity contribution >= 4 is 17.4 Å². The minimum Gasteiger partial charge on any atom is -0.227 e. The molecule has 0 radical (unpaired) electrons. The number of hydrogen-bond donors (Lipinski definition) is 0. The number of aromatic nitrogens is 2. The highest BCUT2D eigenvalue weighted by molar-refractivity contribution is 6.28. The van der Waals surface area contributed by atoms with Crippen LogP contribution in [-0.2, 0) is 0 Å². The summed E-state index contributed by atoms with van der Waals surface area (Å²) in [6.45, 7) is 0. The number of hydrogen-bond acceptors (Lipinski definition) is 3. The maximum absolute atomic E-state index is 7.97. The van der Waals surface area contributed by atoms with Crippen molar-refractivity contribution in [3.63, 3.8) is 0 Å². The second-order valence-electron chi connectivity index (χ2n) is 1.37. The monoisotopic (exact) mass is 155 g/mol. The minimum atomic E-state index is 0.0740. The third kappa shape index (κ3) is 1.58. The maximum Gasteiger partial charge on any atom is 0.222 e. The highest BCUT2D eigenvalue weighted by atomic mass is 35.5. The van der Waals surface area contributed by atoms with E-state index < -0.39 is 0 Å². The van der Waals surface area contributed by atoms with Gasteiger partial charge in [0.2, 0.25) is 5.28 Å². The van der Waals surface area contributed by atoms with Crippen LogP contribution >= 0.6 is 11.6 Å². The lowest BCUT2D eigenvalue weighted by molar-refractivity contribution is 1.14. The van der Waals surface area contributed by atoms with Crippen molar-refractivity contribution in [3.8, 4) is 0 Å². The standard InChI is InChI=1S/C4H2ClN5/c5-4-7-2-1-3(8-4)9-10-6/h1-2H. The van der Waals surface area contributed by atoms with E-state index in [0.29, 0.717) is 0 Å². The van der Waals surface area contributed by atoms with Crippen LogP contribution in [0.15, 0.2) is 17.4 Å². The lowest BCUT2D eigenvalue weighted by atomic mass is 10.6. The first-order valence-corrected chi connectivity index (χ1v) is 2.74. The molecular formula is C4H2ClN5. The van der Waals surface area contributed by atoms with Gasteiger partial charge in [-0.1, -0.05) is 0 Å². The lowest BCUT2D eigenvalue weighted by Crippen LogP contribution is -1.77. The predicted octanol–water partition coefficient (Wildman–Crippen LogP) is 2.07. The molecule has 0 aliphatic heterocycles. The Labute approximate surface area is 61.3 Å². The van der Waals surface area contributed by atoms with Crippen molar-refractivity contribution in [1.29, 1.82) is 0 Å². The van der Waals surface area contributed by atoms with Crippen molar-refractivity contribution < 1.29 is 0 Å². The summed E-state index contributed by atoms with van der Waals surface area (Å²) < 4.78 is 0. The second-order valence-corrected chi connectivity index (χ2v) is 1.71. The van der Waals surface area contributed by atoms with Gasteiger partial charge in [0.05, 0.1) is 0 Å². The molecule has 0 atom stereocenters. The summed E-state index contributed by atoms with van der Waals surface area (Å²) in [6.07, 6.45) is 1.42. The molecule has 5 nitrogen and oxygen atoms in total. The quantitative estimate of drug-likeness (QED) is 0.269. The summed E-state index contributed by atoms with van der Waals surface area (Å²) in [5.74, 6) is 0.225. The Morgan fingerprint density at radius 1 is 1.70 bits per heavy atom. The smallest absolute Gasteiger partial charge is 0.222 e. The topological polar surface area (TPSA) is 74.5 Å². The van der Waals surface area contributed by atoms with Crippen LogP contribution in [0.2, 0.25) is 5.28 Å². The van der Waals surface area contributed by atoms with Gasteiger partial charge in [-0.2, -0.15) is 0 Å². The van der Waals surface area contributed by atoms with Gasteiger partial charge in [-0.15, -0.1) is 0 Å². The first-order chi connectivity index (χ1) is 4.83. The molecule has 0 saturated carbocycles. The van der Waals surface area contributed by atoms with Crippen LogP contribution in [0.4, 0.5) is 5.82 Å². The van der Waals surface area contributed by atoms with E-state index in [1.165, 1.54) is 12.3 Å². The predicted molar refractivity (Wildman–Crippen MR) is 35.8 cm³/mol. The number of rotatable bonds is 1. The van der Waals surface area contributed by atoms with Gasteiger partial charge >= 0.3 is 0 Å². The summed E-state index contributed by atoms with van der Waals surface area (Å²) in [5, 5.41) is 3.29. The summed E-state index contributed by atoms with van der Waals surface area (Å²) in [7, 11) is 0. The van der Waals surface area contributed by atoms with Crippen molar-refractivity contribution in [1.82, 2.24) is 9.97 Å². The molecule has 1 aromatic rings. The van der Waals surface area contributed by atoms with E-state index in [4.69, 9.17) is 17.1 Å². The van der Waals surface area contributed by atoms with Gasteiger partial charge in [0, 0.05) is 11.1 Å². The fourth-order valence-corrected chi connectivity index (χ4v) is 0.571. The molecule has 6 heteroatoms. The van der Waals surface area contributed by atoms with Crippen molar-refractivity contribution in [3.05, 3.63) is 28.0 Å². The number of halogens is 1. The largest absolute Gasteiger partial charge is 0.227 e. The van der Waals surface area contributed by atoms with Gasteiger partial charge in [0.15, 0.2) is 0 Å². The van der Waals surface area contributed by atoms with Gasteiger partial charge in [0.1, 0.15) is 5.82 Å². The molecule has 1 heterocycles. The molecule has 0 fully saturated rings. The average molecular weight is 156 g/mol. The van der Waals surface area contributed by atoms with Crippen molar-refractivity contribution in [2.24, 2.45) is 5.11 Å². The van der Waals surface area contributed by atoms with Crippen molar-refractivity contribution in [2.45, 2.75) is 0 Å². The summed E-state index contributed by atoms with van der Waals surface area (Å²) >= 11 is 5.38. The molecule has 0 unspecified atom stereocenters.